The van der Waals surface area contributed by atoms with Crippen molar-refractivity contribution in [3.8, 4) is 61.3 Å². The number of para-hydroxylation sites is 3. The Balaban J connectivity index is 0.000000898. The first kappa shape index (κ1) is 50.5. The van der Waals surface area contributed by atoms with Gasteiger partial charge in [0.05, 0.1) is 11.2 Å². The molecule has 0 bridgehead atoms. The molecule has 372 valence electrons. The highest BCUT2D eigenvalue weighted by Crippen LogP contribution is 2.50. The second-order valence-corrected chi connectivity index (χ2v) is 18.7. The fourth-order valence-corrected chi connectivity index (χ4v) is 11.2. The third kappa shape index (κ3) is 9.91. The molecule has 0 N–H and O–H groups in total. The van der Waals surface area contributed by atoms with Crippen molar-refractivity contribution in [3.05, 3.63) is 289 Å². The van der Waals surface area contributed by atoms with Crippen molar-refractivity contribution in [2.24, 2.45) is 0 Å². The number of anilines is 3. The first-order valence-electron chi connectivity index (χ1n) is 27.2. The van der Waals surface area contributed by atoms with E-state index in [1.165, 1.54) is 106 Å². The molecule has 2 aliphatic carbocycles. The highest BCUT2D eigenvalue weighted by molar-refractivity contribution is 6.02. The summed E-state index contributed by atoms with van der Waals surface area (Å²) < 4.78 is 2.46. The number of hydrogen-bond acceptors (Lipinski definition) is 1. The van der Waals surface area contributed by atoms with Gasteiger partial charge in [0, 0.05) is 28.1 Å². The van der Waals surface area contributed by atoms with Crippen molar-refractivity contribution < 1.29 is 0 Å². The molecule has 2 nitrogen and oxygen atoms in total. The van der Waals surface area contributed by atoms with Crippen LogP contribution in [0.1, 0.15) is 69.0 Å². The molecule has 0 saturated carbocycles. The molecule has 0 saturated heterocycles. The first-order valence-corrected chi connectivity index (χ1v) is 27.2. The predicted molar refractivity (Wildman–Crippen MR) is 329 cm³/mol. The number of hydrogen-bond donors (Lipinski definition) is 0. The van der Waals surface area contributed by atoms with Gasteiger partial charge in [-0.25, -0.2) is 0 Å². The number of nitrogens with zero attached hydrogens (tertiary/aromatic N) is 2. The smallest absolute Gasteiger partial charge is 0.0537 e. The molecule has 10 aromatic carbocycles. The van der Waals surface area contributed by atoms with E-state index in [1.807, 2.05) is 34.6 Å². The van der Waals surface area contributed by atoms with Crippen LogP contribution in [0.5, 0.6) is 0 Å². The van der Waals surface area contributed by atoms with E-state index in [4.69, 9.17) is 0 Å². The maximum atomic E-state index is 3.36. The molecule has 0 amide bonds. The second kappa shape index (κ2) is 23.5. The van der Waals surface area contributed by atoms with Crippen molar-refractivity contribution in [2.45, 2.75) is 53.9 Å². The molecule has 2 heteroatoms. The van der Waals surface area contributed by atoms with Gasteiger partial charge in [0.25, 0.3) is 0 Å². The average molecular weight is 983 g/mol. The van der Waals surface area contributed by atoms with E-state index >= 15 is 0 Å². The summed E-state index contributed by atoms with van der Waals surface area (Å²) in [6, 6.07) is 91.1. The van der Waals surface area contributed by atoms with Gasteiger partial charge in [-0.05, 0) is 176 Å². The highest BCUT2D eigenvalue weighted by Gasteiger charge is 2.28. The number of fused-ring (bicyclic) bond motifs is 6. The molecular weight excluding hydrogens is 917 g/mol. The summed E-state index contributed by atoms with van der Waals surface area (Å²) in [7, 11) is 0. The number of rotatable bonds is 9. The molecular formula is C74H66N2. The van der Waals surface area contributed by atoms with Crippen molar-refractivity contribution in [1.29, 1.82) is 0 Å². The zero-order valence-corrected chi connectivity index (χ0v) is 44.5. The Hall–Kier alpha value is -8.98. The van der Waals surface area contributed by atoms with E-state index in [1.54, 1.807) is 6.08 Å². The molecule has 0 spiro atoms. The molecule has 1 heterocycles. The van der Waals surface area contributed by atoms with Crippen LogP contribution in [-0.4, -0.2) is 4.57 Å². The van der Waals surface area contributed by atoms with Crippen LogP contribution in [0, 0.1) is 0 Å². The van der Waals surface area contributed by atoms with E-state index in [9.17, 15) is 0 Å². The molecule has 0 radical (unpaired) electrons. The zero-order chi connectivity index (χ0) is 52.4. The Morgan fingerprint density at radius 1 is 0.408 bits per heavy atom. The maximum Gasteiger partial charge on any atom is 0.0537 e. The lowest BCUT2D eigenvalue weighted by atomic mass is 9.84. The molecule has 11 aromatic rings. The number of aryl methyl sites for hydroxylation is 1. The quantitative estimate of drug-likeness (QED) is 0.131. The van der Waals surface area contributed by atoms with Crippen LogP contribution in [0.15, 0.2) is 261 Å². The topological polar surface area (TPSA) is 8.17 Å². The van der Waals surface area contributed by atoms with Crippen LogP contribution in [0.3, 0.4) is 0 Å². The van der Waals surface area contributed by atoms with Crippen molar-refractivity contribution in [2.75, 3.05) is 4.90 Å². The highest BCUT2D eigenvalue weighted by atomic mass is 15.1. The van der Waals surface area contributed by atoms with Crippen LogP contribution in [0.25, 0.3) is 83.9 Å². The summed E-state index contributed by atoms with van der Waals surface area (Å²) in [6.45, 7) is 13.2. The van der Waals surface area contributed by atoms with Crippen LogP contribution in [0.2, 0.25) is 0 Å². The predicted octanol–water partition coefficient (Wildman–Crippen LogP) is 21.1. The average Bonchev–Trinajstić information content (AvgIpc) is 4.08. The Morgan fingerprint density at radius 2 is 0.895 bits per heavy atom. The molecule has 0 fully saturated rings. The summed E-state index contributed by atoms with van der Waals surface area (Å²) in [5.74, 6) is 0. The second-order valence-electron chi connectivity index (χ2n) is 18.7. The minimum absolute atomic E-state index is 0.918. The summed E-state index contributed by atoms with van der Waals surface area (Å²) in [6.07, 6.45) is 7.14. The number of benzene rings is 10. The van der Waals surface area contributed by atoms with E-state index in [0.29, 0.717) is 0 Å². The Bertz CT molecular complexity index is 3780. The summed E-state index contributed by atoms with van der Waals surface area (Å²) in [5.41, 5.74) is 26.6. The van der Waals surface area contributed by atoms with Crippen molar-refractivity contribution >= 4 is 39.6 Å². The fraction of sp³-hybridized carbons (Fsp3) is 0.108. The zero-order valence-electron chi connectivity index (χ0n) is 44.5. The monoisotopic (exact) mass is 983 g/mol. The molecule has 13 rings (SSSR count). The van der Waals surface area contributed by atoms with E-state index in [2.05, 4.69) is 271 Å². The Kier molecular flexibility index (Phi) is 15.6. The van der Waals surface area contributed by atoms with Gasteiger partial charge in [-0.3, -0.25) is 0 Å². The van der Waals surface area contributed by atoms with Crippen LogP contribution in [-0.2, 0) is 12.8 Å². The van der Waals surface area contributed by atoms with Crippen molar-refractivity contribution in [1.82, 2.24) is 4.57 Å². The van der Waals surface area contributed by atoms with E-state index in [0.717, 1.165) is 36.3 Å². The molecule has 2 aliphatic rings. The van der Waals surface area contributed by atoms with Crippen molar-refractivity contribution in [3.63, 3.8) is 0 Å². The Labute approximate surface area is 451 Å². The summed E-state index contributed by atoms with van der Waals surface area (Å²) in [4.78, 5) is 2.35. The SMILES string of the molecule is C1=C(c2ccccc2-c2cccc3c2-c2c(cccc2-c2cccc(-c4cccc(N(c5ccccc5)c5ccc(-c6ccccc6)cc5)c4)c2)C3)CCc2c1n(-c1ccccc1)c1ccccc21.C=CC.CC.CC. The van der Waals surface area contributed by atoms with Gasteiger partial charge in [-0.15, -0.1) is 6.58 Å². The lowest BCUT2D eigenvalue weighted by molar-refractivity contribution is 0.981. The lowest BCUT2D eigenvalue weighted by Gasteiger charge is -2.26. The molecule has 1 aromatic heterocycles. The standard InChI is InChI=1S/C67H48N2.C3H6.2C2H6/c1-4-18-46(19-5-1)47-36-39-56(40-37-47)68(54-25-6-2-7-26-54)57-29-15-21-49(44-57)48-20-14-22-50(42-48)59-33-16-23-52-43-53-24-17-34-63(67(53)66(52)59)60-31-11-10-30-58(60)51-38-41-62-61-32-12-13-35-64(61)69(65(62)45-51)55-27-8-3-9-28-55;1-3-2;2*1-2/h1-37,39-40,42,44-45H,38,41,43H2;3H,1H2,2H3;2*1-2H3. The third-order valence-electron chi connectivity index (χ3n) is 14.3. The molecule has 0 unspecified atom stereocenters. The van der Waals surface area contributed by atoms with Gasteiger partial charge >= 0.3 is 0 Å². The largest absolute Gasteiger partial charge is 0.310 e. The van der Waals surface area contributed by atoms with Gasteiger partial charge < -0.3 is 9.47 Å². The van der Waals surface area contributed by atoms with Crippen LogP contribution >= 0.6 is 0 Å². The van der Waals surface area contributed by atoms with Crippen LogP contribution < -0.4 is 4.90 Å². The number of aromatic nitrogens is 1. The minimum Gasteiger partial charge on any atom is -0.310 e. The van der Waals surface area contributed by atoms with E-state index < -0.39 is 0 Å². The van der Waals surface area contributed by atoms with Gasteiger partial charge in [-0.1, -0.05) is 222 Å². The summed E-state index contributed by atoms with van der Waals surface area (Å²) in [5, 5.41) is 1.35. The van der Waals surface area contributed by atoms with Gasteiger partial charge in [0.1, 0.15) is 0 Å². The normalized spacial score (nSPS) is 11.7. The summed E-state index contributed by atoms with van der Waals surface area (Å²) >= 11 is 0. The van der Waals surface area contributed by atoms with Gasteiger partial charge in [0.2, 0.25) is 0 Å². The molecule has 76 heavy (non-hydrogen) atoms. The van der Waals surface area contributed by atoms with E-state index in [-0.39, 0.29) is 0 Å². The fourth-order valence-electron chi connectivity index (χ4n) is 11.2. The molecule has 0 atom stereocenters. The maximum absolute atomic E-state index is 3.36. The van der Waals surface area contributed by atoms with Gasteiger partial charge in [-0.2, -0.15) is 0 Å². The first-order chi connectivity index (χ1) is 37.6. The lowest BCUT2D eigenvalue weighted by Crippen LogP contribution is -2.09. The minimum atomic E-state index is 0.918. The Morgan fingerprint density at radius 3 is 1.61 bits per heavy atom. The number of allylic oxidation sites excluding steroid dienone is 2. The third-order valence-corrected chi connectivity index (χ3v) is 14.3. The molecule has 0 aliphatic heterocycles. The van der Waals surface area contributed by atoms with Gasteiger partial charge in [0.15, 0.2) is 0 Å². The van der Waals surface area contributed by atoms with Crippen LogP contribution in [0.4, 0.5) is 17.1 Å².